The van der Waals surface area contributed by atoms with Crippen molar-refractivity contribution in [3.63, 3.8) is 0 Å². The highest BCUT2D eigenvalue weighted by Gasteiger charge is 2.16. The Bertz CT molecular complexity index is 972. The number of hydrogen-bond acceptors (Lipinski definition) is 5. The zero-order chi connectivity index (χ0) is 22.2. The van der Waals surface area contributed by atoms with E-state index in [0.29, 0.717) is 61.2 Å². The minimum atomic E-state index is -0.416. The van der Waals surface area contributed by atoms with E-state index in [1.54, 1.807) is 31.0 Å². The van der Waals surface area contributed by atoms with Crippen molar-refractivity contribution in [2.75, 3.05) is 49.8 Å². The summed E-state index contributed by atoms with van der Waals surface area (Å²) in [6.07, 6.45) is 1.89. The molecule has 1 aliphatic rings. The van der Waals surface area contributed by atoms with Gasteiger partial charge < -0.3 is 19.3 Å². The molecular formula is C23H25F2N3O3. The molecule has 1 aliphatic heterocycles. The highest BCUT2D eigenvalue weighted by atomic mass is 19.1. The van der Waals surface area contributed by atoms with Gasteiger partial charge in [-0.3, -0.25) is 4.79 Å². The van der Waals surface area contributed by atoms with Crippen LogP contribution in [0, 0.1) is 11.6 Å². The fraction of sp³-hybridized carbons (Fsp3) is 0.304. The van der Waals surface area contributed by atoms with Crippen molar-refractivity contribution >= 4 is 23.5 Å². The van der Waals surface area contributed by atoms with E-state index in [9.17, 15) is 13.6 Å². The summed E-state index contributed by atoms with van der Waals surface area (Å²) in [5, 5.41) is 0. The van der Waals surface area contributed by atoms with E-state index in [1.165, 1.54) is 30.3 Å². The summed E-state index contributed by atoms with van der Waals surface area (Å²) < 4.78 is 38.9. The molecule has 0 saturated carbocycles. The van der Waals surface area contributed by atoms with Gasteiger partial charge in [0.15, 0.2) is 0 Å². The summed E-state index contributed by atoms with van der Waals surface area (Å²) in [4.78, 5) is 19.1. The van der Waals surface area contributed by atoms with Crippen molar-refractivity contribution < 1.29 is 23.0 Å². The number of aliphatic imine (C=N–C) groups is 1. The molecule has 0 aliphatic carbocycles. The predicted molar refractivity (Wildman–Crippen MR) is 117 cm³/mol. The molecule has 3 rings (SSSR count). The first kappa shape index (κ1) is 22.4. The fourth-order valence-electron chi connectivity index (χ4n) is 3.15. The van der Waals surface area contributed by atoms with Gasteiger partial charge in [-0.1, -0.05) is 6.07 Å². The normalized spacial score (nSPS) is 15.0. The molecule has 2 aromatic rings. The zero-order valence-electron chi connectivity index (χ0n) is 17.6. The van der Waals surface area contributed by atoms with Gasteiger partial charge in [0, 0.05) is 38.0 Å². The molecule has 0 amide bonds. The molecule has 0 atom stereocenters. The summed E-state index contributed by atoms with van der Waals surface area (Å²) in [6.45, 7) is 4.19. The first-order valence-electron chi connectivity index (χ1n) is 9.92. The Morgan fingerprint density at radius 3 is 2.68 bits per heavy atom. The van der Waals surface area contributed by atoms with Crippen LogP contribution in [0.1, 0.15) is 6.92 Å². The molecule has 0 N–H and O–H groups in total. The van der Waals surface area contributed by atoms with Crippen LogP contribution in [-0.2, 0) is 9.53 Å². The molecule has 0 spiro atoms. The Morgan fingerprint density at radius 2 is 2.00 bits per heavy atom. The summed E-state index contributed by atoms with van der Waals surface area (Å²) in [7, 11) is 1.76. The lowest BCUT2D eigenvalue weighted by Gasteiger charge is -2.29. The molecule has 8 heteroatoms. The average molecular weight is 429 g/mol. The molecule has 1 heterocycles. The van der Waals surface area contributed by atoms with E-state index < -0.39 is 5.82 Å². The topological polar surface area (TPSA) is 54.4 Å². The largest absolute Gasteiger partial charge is 0.487 e. The number of allylic oxidation sites excluding steroid dienone is 1. The Kier molecular flexibility index (Phi) is 7.72. The van der Waals surface area contributed by atoms with Gasteiger partial charge in [0.1, 0.15) is 36.1 Å². The molecule has 1 fully saturated rings. The highest BCUT2D eigenvalue weighted by molar-refractivity contribution is 5.96. The Hall–Kier alpha value is -3.26. The van der Waals surface area contributed by atoms with Gasteiger partial charge in [0.2, 0.25) is 0 Å². The molecule has 2 aromatic carbocycles. The van der Waals surface area contributed by atoms with Crippen LogP contribution in [0.25, 0.3) is 0 Å². The van der Waals surface area contributed by atoms with E-state index in [-0.39, 0.29) is 12.4 Å². The lowest BCUT2D eigenvalue weighted by Crippen LogP contribution is -2.36. The van der Waals surface area contributed by atoms with Gasteiger partial charge in [-0.25, -0.2) is 13.8 Å². The van der Waals surface area contributed by atoms with Crippen molar-refractivity contribution in [3.05, 3.63) is 65.9 Å². The quantitative estimate of drug-likeness (QED) is 0.290. The summed E-state index contributed by atoms with van der Waals surface area (Å²) >= 11 is 0. The van der Waals surface area contributed by atoms with Gasteiger partial charge in [0.05, 0.1) is 24.6 Å². The van der Waals surface area contributed by atoms with Crippen LogP contribution in [0.15, 0.2) is 59.2 Å². The van der Waals surface area contributed by atoms with Crippen LogP contribution in [-0.4, -0.2) is 52.1 Å². The highest BCUT2D eigenvalue weighted by Crippen LogP contribution is 2.25. The standard InChI is InChI=1S/C23H25F2N3O3/c1-17(26-19(8-11-29)16-31-21-5-3-4-18(24)14-21)27(2)20-6-7-23(22(25)15-20)28-9-12-30-13-10-28/h3-8,11,14-15H,9-10,12-13,16H2,1-2H3/b19-8-,26-17?. The van der Waals surface area contributed by atoms with Crippen LogP contribution in [0.2, 0.25) is 0 Å². The molecule has 0 aromatic heterocycles. The number of nitrogens with zero attached hydrogens (tertiary/aromatic N) is 3. The van der Waals surface area contributed by atoms with Crippen molar-refractivity contribution in [1.82, 2.24) is 0 Å². The number of carbonyl (C=O) groups is 1. The van der Waals surface area contributed by atoms with Crippen LogP contribution >= 0.6 is 0 Å². The van der Waals surface area contributed by atoms with Crippen molar-refractivity contribution in [3.8, 4) is 5.75 Å². The number of halogens is 2. The molecule has 1 saturated heterocycles. The van der Waals surface area contributed by atoms with Gasteiger partial charge in [-0.05, 0) is 37.3 Å². The second-order valence-corrected chi connectivity index (χ2v) is 6.99. The average Bonchev–Trinajstić information content (AvgIpc) is 2.77. The van der Waals surface area contributed by atoms with Crippen LogP contribution in [0.3, 0.4) is 0 Å². The van der Waals surface area contributed by atoms with E-state index >= 15 is 0 Å². The second kappa shape index (κ2) is 10.7. The van der Waals surface area contributed by atoms with E-state index in [0.717, 1.165) is 0 Å². The minimum absolute atomic E-state index is 0.0162. The molecule has 6 nitrogen and oxygen atoms in total. The Morgan fingerprint density at radius 1 is 1.23 bits per heavy atom. The first-order valence-corrected chi connectivity index (χ1v) is 9.92. The van der Waals surface area contributed by atoms with Crippen LogP contribution in [0.4, 0.5) is 20.2 Å². The van der Waals surface area contributed by atoms with Gasteiger partial charge in [-0.15, -0.1) is 0 Å². The number of ether oxygens (including phenoxy) is 2. The lowest BCUT2D eigenvalue weighted by atomic mass is 10.2. The zero-order valence-corrected chi connectivity index (χ0v) is 17.6. The smallest absolute Gasteiger partial charge is 0.148 e. The third kappa shape index (κ3) is 6.11. The van der Waals surface area contributed by atoms with E-state index in [2.05, 4.69) is 4.99 Å². The summed E-state index contributed by atoms with van der Waals surface area (Å²) in [5.74, 6) is 0.130. The third-order valence-electron chi connectivity index (χ3n) is 4.90. The van der Waals surface area contributed by atoms with Gasteiger partial charge >= 0.3 is 0 Å². The molecule has 164 valence electrons. The SMILES string of the molecule is CC(=N/C(=C\C=O)COc1cccc(F)c1)N(C)c1ccc(N2CCOCC2)c(F)c1. The fourth-order valence-corrected chi connectivity index (χ4v) is 3.15. The molecular weight excluding hydrogens is 404 g/mol. The maximum Gasteiger partial charge on any atom is 0.148 e. The Labute approximate surface area is 180 Å². The number of carbonyl (C=O) groups excluding carboxylic acids is 1. The number of rotatable bonds is 7. The third-order valence-corrected chi connectivity index (χ3v) is 4.90. The summed E-state index contributed by atoms with van der Waals surface area (Å²) in [6, 6.07) is 10.7. The molecule has 31 heavy (non-hydrogen) atoms. The summed E-state index contributed by atoms with van der Waals surface area (Å²) in [5.41, 5.74) is 1.52. The second-order valence-electron chi connectivity index (χ2n) is 6.99. The Balaban J connectivity index is 1.71. The number of benzene rings is 2. The van der Waals surface area contributed by atoms with Gasteiger partial charge in [0.25, 0.3) is 0 Å². The maximum atomic E-state index is 14.7. The maximum absolute atomic E-state index is 14.7. The molecule has 0 radical (unpaired) electrons. The van der Waals surface area contributed by atoms with Crippen molar-refractivity contribution in [2.24, 2.45) is 4.99 Å². The minimum Gasteiger partial charge on any atom is -0.487 e. The van der Waals surface area contributed by atoms with E-state index in [1.807, 2.05) is 11.0 Å². The number of amidine groups is 1. The number of aldehydes is 1. The molecule has 0 unspecified atom stereocenters. The number of hydrogen-bond donors (Lipinski definition) is 0. The first-order chi connectivity index (χ1) is 15.0. The predicted octanol–water partition coefficient (Wildman–Crippen LogP) is 3.82. The monoisotopic (exact) mass is 429 g/mol. The van der Waals surface area contributed by atoms with Crippen molar-refractivity contribution in [1.29, 1.82) is 0 Å². The lowest BCUT2D eigenvalue weighted by molar-refractivity contribution is -0.104. The van der Waals surface area contributed by atoms with Crippen LogP contribution in [0.5, 0.6) is 5.75 Å². The van der Waals surface area contributed by atoms with Crippen LogP contribution < -0.4 is 14.5 Å². The molecule has 0 bridgehead atoms. The van der Waals surface area contributed by atoms with Gasteiger partial charge in [-0.2, -0.15) is 0 Å². The van der Waals surface area contributed by atoms with E-state index in [4.69, 9.17) is 9.47 Å². The number of anilines is 2. The van der Waals surface area contributed by atoms with Crippen molar-refractivity contribution in [2.45, 2.75) is 6.92 Å². The number of morpholine rings is 1.